The molecule has 15 heavy (non-hydrogen) atoms. The van der Waals surface area contributed by atoms with Gasteiger partial charge in [-0.25, -0.2) is 9.78 Å². The van der Waals surface area contributed by atoms with Crippen LogP contribution in [-0.4, -0.2) is 11.0 Å². The molecule has 0 bridgehead atoms. The second kappa shape index (κ2) is 4.93. The summed E-state index contributed by atoms with van der Waals surface area (Å²) in [5.74, 6) is 0. The molecule has 0 spiro atoms. The average molecular weight is 225 g/mol. The van der Waals surface area contributed by atoms with E-state index in [1.54, 1.807) is 6.20 Å². The third kappa shape index (κ3) is 3.71. The fourth-order valence-electron chi connectivity index (χ4n) is 0.869. The van der Waals surface area contributed by atoms with Gasteiger partial charge in [0.05, 0.1) is 5.69 Å². The molecular formula is C10H15N3OS. The van der Waals surface area contributed by atoms with Gasteiger partial charge in [0.15, 0.2) is 5.13 Å². The second-order valence-corrected chi connectivity index (χ2v) is 4.68. The van der Waals surface area contributed by atoms with Crippen LogP contribution in [0.3, 0.4) is 0 Å². The number of anilines is 1. The quantitative estimate of drug-likeness (QED) is 0.813. The molecule has 1 heterocycles. The molecule has 0 saturated heterocycles. The van der Waals surface area contributed by atoms with E-state index in [1.807, 2.05) is 27.7 Å². The van der Waals surface area contributed by atoms with Crippen molar-refractivity contribution in [1.29, 1.82) is 0 Å². The molecule has 4 nitrogen and oxygen atoms in total. The highest BCUT2D eigenvalue weighted by Crippen LogP contribution is 2.20. The molecule has 1 rings (SSSR count). The minimum atomic E-state index is -0.259. The Morgan fingerprint density at radius 3 is 2.53 bits per heavy atom. The highest BCUT2D eigenvalue weighted by Gasteiger charge is 2.05. The monoisotopic (exact) mass is 225 g/mol. The Hall–Kier alpha value is -1.36. The van der Waals surface area contributed by atoms with Gasteiger partial charge in [-0.05, 0) is 27.7 Å². The number of rotatable bonds is 2. The van der Waals surface area contributed by atoms with E-state index in [1.165, 1.54) is 11.3 Å². The van der Waals surface area contributed by atoms with Crippen molar-refractivity contribution in [2.45, 2.75) is 27.7 Å². The molecule has 0 aromatic carbocycles. The summed E-state index contributed by atoms with van der Waals surface area (Å²) in [6.07, 6.45) is 1.66. The lowest BCUT2D eigenvalue weighted by molar-refractivity contribution is 0.255. The molecule has 5 heteroatoms. The number of hydrogen-bond donors (Lipinski definition) is 2. The number of aryl methyl sites for hydroxylation is 2. The van der Waals surface area contributed by atoms with Crippen molar-refractivity contribution in [3.63, 3.8) is 0 Å². The summed E-state index contributed by atoms with van der Waals surface area (Å²) in [7, 11) is 0. The van der Waals surface area contributed by atoms with E-state index < -0.39 is 0 Å². The second-order valence-electron chi connectivity index (χ2n) is 3.48. The molecule has 1 aromatic heterocycles. The summed E-state index contributed by atoms with van der Waals surface area (Å²) in [5.41, 5.74) is 1.99. The van der Waals surface area contributed by atoms with Gasteiger partial charge in [-0.15, -0.1) is 11.3 Å². The molecule has 0 fully saturated rings. The summed E-state index contributed by atoms with van der Waals surface area (Å²) in [6.45, 7) is 7.73. The van der Waals surface area contributed by atoms with Gasteiger partial charge in [-0.1, -0.05) is 5.57 Å². The molecule has 0 aliphatic carbocycles. The molecule has 0 atom stereocenters. The van der Waals surface area contributed by atoms with E-state index >= 15 is 0 Å². The number of urea groups is 1. The summed E-state index contributed by atoms with van der Waals surface area (Å²) < 4.78 is 0. The lowest BCUT2D eigenvalue weighted by atomic mass is 10.4. The lowest BCUT2D eigenvalue weighted by Gasteiger charge is -2.00. The van der Waals surface area contributed by atoms with Gasteiger partial charge in [0, 0.05) is 11.1 Å². The fraction of sp³-hybridized carbons (Fsp3) is 0.400. The van der Waals surface area contributed by atoms with Gasteiger partial charge < -0.3 is 5.32 Å². The van der Waals surface area contributed by atoms with Crippen molar-refractivity contribution >= 4 is 22.5 Å². The predicted octanol–water partition coefficient (Wildman–Crippen LogP) is 2.81. The molecule has 0 aliphatic heterocycles. The Morgan fingerprint density at radius 1 is 1.40 bits per heavy atom. The van der Waals surface area contributed by atoms with Gasteiger partial charge in [0.1, 0.15) is 0 Å². The van der Waals surface area contributed by atoms with Crippen LogP contribution < -0.4 is 10.6 Å². The number of carbonyl (C=O) groups excluding carboxylic acids is 1. The first-order valence-electron chi connectivity index (χ1n) is 4.64. The molecule has 0 aliphatic rings. The van der Waals surface area contributed by atoms with Crippen LogP contribution in [-0.2, 0) is 0 Å². The zero-order chi connectivity index (χ0) is 11.4. The van der Waals surface area contributed by atoms with Gasteiger partial charge in [-0.3, -0.25) is 5.32 Å². The molecule has 0 saturated carbocycles. The number of carbonyl (C=O) groups is 1. The zero-order valence-corrected chi connectivity index (χ0v) is 10.2. The Balaban J connectivity index is 2.55. The highest BCUT2D eigenvalue weighted by molar-refractivity contribution is 7.15. The summed E-state index contributed by atoms with van der Waals surface area (Å²) >= 11 is 1.47. The van der Waals surface area contributed by atoms with Crippen LogP contribution in [0.25, 0.3) is 0 Å². The number of aromatic nitrogens is 1. The van der Waals surface area contributed by atoms with E-state index in [4.69, 9.17) is 0 Å². The minimum absolute atomic E-state index is 0.259. The molecule has 82 valence electrons. The predicted molar refractivity (Wildman–Crippen MR) is 63.2 cm³/mol. The number of thiazole rings is 1. The van der Waals surface area contributed by atoms with E-state index in [0.29, 0.717) is 5.13 Å². The Kier molecular flexibility index (Phi) is 3.85. The Bertz CT molecular complexity index is 372. The maximum atomic E-state index is 11.3. The lowest BCUT2D eigenvalue weighted by Crippen LogP contribution is -2.24. The van der Waals surface area contributed by atoms with E-state index in [2.05, 4.69) is 15.6 Å². The molecule has 1 aromatic rings. The summed E-state index contributed by atoms with van der Waals surface area (Å²) in [6, 6.07) is -0.259. The van der Waals surface area contributed by atoms with Crippen LogP contribution in [0.15, 0.2) is 11.8 Å². The van der Waals surface area contributed by atoms with Crippen LogP contribution in [0.2, 0.25) is 0 Å². The molecule has 0 unspecified atom stereocenters. The summed E-state index contributed by atoms with van der Waals surface area (Å²) in [4.78, 5) is 16.7. The first kappa shape index (κ1) is 11.7. The Morgan fingerprint density at radius 2 is 2.07 bits per heavy atom. The van der Waals surface area contributed by atoms with E-state index in [0.717, 1.165) is 16.1 Å². The number of amides is 2. The number of hydrogen-bond acceptors (Lipinski definition) is 3. The fourth-order valence-corrected chi connectivity index (χ4v) is 1.68. The summed E-state index contributed by atoms with van der Waals surface area (Å²) in [5, 5.41) is 5.91. The normalized spacial score (nSPS) is 9.60. The largest absolute Gasteiger partial charge is 0.325 e. The first-order valence-corrected chi connectivity index (χ1v) is 5.45. The average Bonchev–Trinajstić information content (AvgIpc) is 2.42. The van der Waals surface area contributed by atoms with Crippen LogP contribution in [0, 0.1) is 13.8 Å². The number of allylic oxidation sites excluding steroid dienone is 1. The standard InChI is InChI=1S/C10H15N3OS/c1-6(2)5-11-9(14)13-10-12-7(3)8(4)15-10/h5H,1-4H3,(H2,11,12,13,14). The number of nitrogens with one attached hydrogen (secondary N) is 2. The smallest absolute Gasteiger partial charge is 0.314 e. The third-order valence-corrected chi connectivity index (χ3v) is 2.73. The number of nitrogens with zero attached hydrogens (tertiary/aromatic N) is 1. The van der Waals surface area contributed by atoms with Crippen LogP contribution in [0.5, 0.6) is 0 Å². The minimum Gasteiger partial charge on any atom is -0.314 e. The maximum Gasteiger partial charge on any atom is 0.325 e. The topological polar surface area (TPSA) is 54.0 Å². The molecular weight excluding hydrogens is 210 g/mol. The van der Waals surface area contributed by atoms with Crippen molar-refractivity contribution in [2.75, 3.05) is 5.32 Å². The van der Waals surface area contributed by atoms with Crippen LogP contribution in [0.4, 0.5) is 9.93 Å². The highest BCUT2D eigenvalue weighted by atomic mass is 32.1. The zero-order valence-electron chi connectivity index (χ0n) is 9.34. The van der Waals surface area contributed by atoms with Gasteiger partial charge in [-0.2, -0.15) is 0 Å². The van der Waals surface area contributed by atoms with Gasteiger partial charge in [0.2, 0.25) is 0 Å². The molecule has 2 amide bonds. The van der Waals surface area contributed by atoms with Crippen LogP contribution >= 0.6 is 11.3 Å². The van der Waals surface area contributed by atoms with E-state index in [-0.39, 0.29) is 6.03 Å². The third-order valence-electron chi connectivity index (χ3n) is 1.74. The van der Waals surface area contributed by atoms with Crippen molar-refractivity contribution < 1.29 is 4.79 Å². The molecule has 2 N–H and O–H groups in total. The van der Waals surface area contributed by atoms with Crippen LogP contribution in [0.1, 0.15) is 24.4 Å². The molecule has 0 radical (unpaired) electrons. The first-order chi connectivity index (χ1) is 6.99. The van der Waals surface area contributed by atoms with Crippen molar-refractivity contribution in [2.24, 2.45) is 0 Å². The van der Waals surface area contributed by atoms with Crippen molar-refractivity contribution in [1.82, 2.24) is 10.3 Å². The van der Waals surface area contributed by atoms with Gasteiger partial charge >= 0.3 is 6.03 Å². The Labute approximate surface area is 93.4 Å². The SMILES string of the molecule is CC(C)=CNC(=O)Nc1nc(C)c(C)s1. The maximum absolute atomic E-state index is 11.3. The van der Waals surface area contributed by atoms with Gasteiger partial charge in [0.25, 0.3) is 0 Å². The van der Waals surface area contributed by atoms with E-state index in [9.17, 15) is 4.79 Å². The van der Waals surface area contributed by atoms with Crippen molar-refractivity contribution in [3.8, 4) is 0 Å². The van der Waals surface area contributed by atoms with Crippen molar-refractivity contribution in [3.05, 3.63) is 22.3 Å².